The summed E-state index contributed by atoms with van der Waals surface area (Å²) in [6.45, 7) is 4.07. The van der Waals surface area contributed by atoms with Gasteiger partial charge in [0.1, 0.15) is 0 Å². The van der Waals surface area contributed by atoms with E-state index in [0.717, 1.165) is 5.56 Å². The summed E-state index contributed by atoms with van der Waals surface area (Å²) in [6.07, 6.45) is 0.492. The van der Waals surface area contributed by atoms with Crippen LogP contribution in [-0.2, 0) is 10.2 Å². The normalized spacial score (nSPS) is 29.2. The number of carbonyl (C=O) groups is 1. The fraction of sp³-hybridized carbons (Fsp3) is 0.417. The first-order valence-corrected chi connectivity index (χ1v) is 5.94. The molecule has 1 aromatic rings. The highest BCUT2D eigenvalue weighted by Crippen LogP contribution is 2.37. The molecule has 1 saturated heterocycles. The third-order valence-corrected chi connectivity index (χ3v) is 4.18. The van der Waals surface area contributed by atoms with E-state index < -0.39 is 0 Å². The Balaban J connectivity index is 2.43. The number of hydrogen-bond donors (Lipinski definition) is 1. The van der Waals surface area contributed by atoms with E-state index in [9.17, 15) is 4.79 Å². The van der Waals surface area contributed by atoms with Gasteiger partial charge in [-0.2, -0.15) is 0 Å². The van der Waals surface area contributed by atoms with E-state index in [1.807, 2.05) is 19.1 Å². The van der Waals surface area contributed by atoms with Crippen molar-refractivity contribution >= 4 is 29.1 Å². The van der Waals surface area contributed by atoms with Crippen LogP contribution in [0.2, 0.25) is 10.0 Å². The Morgan fingerprint density at radius 3 is 2.56 bits per heavy atom. The van der Waals surface area contributed by atoms with Gasteiger partial charge >= 0.3 is 0 Å². The SMILES string of the molecule is CC1NC(=O)CC1(C)c1ccc(Cl)c(Cl)c1. The lowest BCUT2D eigenvalue weighted by atomic mass is 9.77. The van der Waals surface area contributed by atoms with Crippen molar-refractivity contribution in [2.75, 3.05) is 0 Å². The maximum Gasteiger partial charge on any atom is 0.221 e. The van der Waals surface area contributed by atoms with Crippen LogP contribution in [0.25, 0.3) is 0 Å². The summed E-state index contributed by atoms with van der Waals surface area (Å²) in [5.41, 5.74) is 0.846. The number of amides is 1. The molecule has 1 aliphatic rings. The largest absolute Gasteiger partial charge is 0.353 e. The van der Waals surface area contributed by atoms with Crippen LogP contribution in [0.15, 0.2) is 18.2 Å². The van der Waals surface area contributed by atoms with E-state index in [1.165, 1.54) is 0 Å². The van der Waals surface area contributed by atoms with Crippen LogP contribution in [0.4, 0.5) is 0 Å². The smallest absolute Gasteiger partial charge is 0.221 e. The Labute approximate surface area is 105 Å². The molecule has 16 heavy (non-hydrogen) atoms. The van der Waals surface area contributed by atoms with Gasteiger partial charge in [-0.3, -0.25) is 4.79 Å². The predicted molar refractivity (Wildman–Crippen MR) is 66.0 cm³/mol. The monoisotopic (exact) mass is 257 g/mol. The summed E-state index contributed by atoms with van der Waals surface area (Å²) < 4.78 is 0. The number of halogens is 2. The Bertz CT molecular complexity index is 447. The minimum atomic E-state index is -0.203. The van der Waals surface area contributed by atoms with Gasteiger partial charge in [-0.05, 0) is 24.6 Å². The van der Waals surface area contributed by atoms with Crippen LogP contribution >= 0.6 is 23.2 Å². The van der Waals surface area contributed by atoms with E-state index in [4.69, 9.17) is 23.2 Å². The highest BCUT2D eigenvalue weighted by molar-refractivity contribution is 6.42. The highest BCUT2D eigenvalue weighted by Gasteiger charge is 2.41. The molecule has 0 bridgehead atoms. The zero-order valence-corrected chi connectivity index (χ0v) is 10.7. The van der Waals surface area contributed by atoms with Crippen molar-refractivity contribution < 1.29 is 4.79 Å². The molecule has 0 radical (unpaired) electrons. The molecule has 1 heterocycles. The fourth-order valence-electron chi connectivity index (χ4n) is 2.14. The number of rotatable bonds is 1. The van der Waals surface area contributed by atoms with Crippen LogP contribution in [0.3, 0.4) is 0 Å². The van der Waals surface area contributed by atoms with Gasteiger partial charge in [0.25, 0.3) is 0 Å². The van der Waals surface area contributed by atoms with E-state index in [2.05, 4.69) is 12.2 Å². The summed E-state index contributed by atoms with van der Waals surface area (Å²) >= 11 is 11.9. The lowest BCUT2D eigenvalue weighted by Gasteiger charge is -2.28. The fourth-order valence-corrected chi connectivity index (χ4v) is 2.44. The Hall–Kier alpha value is -0.730. The molecule has 0 aromatic heterocycles. The Morgan fingerprint density at radius 2 is 2.06 bits per heavy atom. The van der Waals surface area contributed by atoms with Crippen molar-refractivity contribution in [1.82, 2.24) is 5.32 Å². The molecule has 1 aromatic carbocycles. The maximum atomic E-state index is 11.4. The third-order valence-electron chi connectivity index (χ3n) is 3.44. The average Bonchev–Trinajstić information content (AvgIpc) is 2.46. The minimum absolute atomic E-state index is 0.0843. The molecular formula is C12H13Cl2NO. The van der Waals surface area contributed by atoms with Gasteiger partial charge in [0.05, 0.1) is 10.0 Å². The molecule has 2 unspecified atom stereocenters. The molecule has 1 fully saturated rings. The second-order valence-electron chi connectivity index (χ2n) is 4.51. The molecule has 4 heteroatoms. The van der Waals surface area contributed by atoms with Crippen LogP contribution in [0, 0.1) is 0 Å². The third kappa shape index (κ3) is 1.80. The summed E-state index contributed by atoms with van der Waals surface area (Å²) in [7, 11) is 0. The first kappa shape index (κ1) is 11.7. The number of carbonyl (C=O) groups excluding carboxylic acids is 1. The predicted octanol–water partition coefficient (Wildman–Crippen LogP) is 3.16. The van der Waals surface area contributed by atoms with Gasteiger partial charge in [-0.1, -0.05) is 36.2 Å². The number of benzene rings is 1. The minimum Gasteiger partial charge on any atom is -0.353 e. The van der Waals surface area contributed by atoms with E-state index >= 15 is 0 Å². The zero-order chi connectivity index (χ0) is 11.9. The first-order valence-electron chi connectivity index (χ1n) is 5.18. The van der Waals surface area contributed by atoms with Crippen LogP contribution in [-0.4, -0.2) is 11.9 Å². The molecule has 2 atom stereocenters. The van der Waals surface area contributed by atoms with Crippen molar-refractivity contribution in [2.24, 2.45) is 0 Å². The van der Waals surface area contributed by atoms with Crippen LogP contribution in [0.1, 0.15) is 25.8 Å². The van der Waals surface area contributed by atoms with E-state index in [-0.39, 0.29) is 17.4 Å². The molecule has 2 nitrogen and oxygen atoms in total. The standard InChI is InChI=1S/C12H13Cl2NO/c1-7-12(2,6-11(16)15-7)8-3-4-9(13)10(14)5-8/h3-5,7H,6H2,1-2H3,(H,15,16). The molecule has 1 amide bonds. The average molecular weight is 258 g/mol. The lowest BCUT2D eigenvalue weighted by Crippen LogP contribution is -2.35. The summed E-state index contributed by atoms with van der Waals surface area (Å²) in [5, 5.41) is 4.00. The maximum absolute atomic E-state index is 11.4. The number of nitrogens with one attached hydrogen (secondary N) is 1. The molecule has 86 valence electrons. The second kappa shape index (κ2) is 3.94. The van der Waals surface area contributed by atoms with Crippen molar-refractivity contribution in [3.8, 4) is 0 Å². The quantitative estimate of drug-likeness (QED) is 0.823. The van der Waals surface area contributed by atoms with Gasteiger partial charge in [0, 0.05) is 17.9 Å². The van der Waals surface area contributed by atoms with Crippen LogP contribution in [0.5, 0.6) is 0 Å². The van der Waals surface area contributed by atoms with Gasteiger partial charge in [-0.15, -0.1) is 0 Å². The van der Waals surface area contributed by atoms with Gasteiger partial charge in [0.2, 0.25) is 5.91 Å². The van der Waals surface area contributed by atoms with E-state index in [1.54, 1.807) is 6.07 Å². The second-order valence-corrected chi connectivity index (χ2v) is 5.33. The topological polar surface area (TPSA) is 29.1 Å². The van der Waals surface area contributed by atoms with Crippen LogP contribution < -0.4 is 5.32 Å². The lowest BCUT2D eigenvalue weighted by molar-refractivity contribution is -0.119. The first-order chi connectivity index (χ1) is 7.43. The van der Waals surface area contributed by atoms with Crippen molar-refractivity contribution in [3.05, 3.63) is 33.8 Å². The van der Waals surface area contributed by atoms with E-state index in [0.29, 0.717) is 16.5 Å². The molecule has 1 N–H and O–H groups in total. The van der Waals surface area contributed by atoms with Gasteiger partial charge in [-0.25, -0.2) is 0 Å². The summed E-state index contributed by atoms with van der Waals surface area (Å²) in [5.74, 6) is 0.0843. The van der Waals surface area contributed by atoms with Crippen molar-refractivity contribution in [3.63, 3.8) is 0 Å². The number of hydrogen-bond acceptors (Lipinski definition) is 1. The Kier molecular flexibility index (Phi) is 2.89. The molecule has 0 saturated carbocycles. The molecule has 2 rings (SSSR count). The molecular weight excluding hydrogens is 245 g/mol. The molecule has 0 spiro atoms. The summed E-state index contributed by atoms with van der Waals surface area (Å²) in [6, 6.07) is 5.67. The molecule has 0 aliphatic carbocycles. The van der Waals surface area contributed by atoms with Gasteiger partial charge < -0.3 is 5.32 Å². The molecule has 1 aliphatic heterocycles. The van der Waals surface area contributed by atoms with Crippen molar-refractivity contribution in [2.45, 2.75) is 31.7 Å². The summed E-state index contributed by atoms with van der Waals surface area (Å²) in [4.78, 5) is 11.4. The Morgan fingerprint density at radius 1 is 1.38 bits per heavy atom. The van der Waals surface area contributed by atoms with Crippen molar-refractivity contribution in [1.29, 1.82) is 0 Å². The van der Waals surface area contributed by atoms with Gasteiger partial charge in [0.15, 0.2) is 0 Å². The zero-order valence-electron chi connectivity index (χ0n) is 9.18. The highest BCUT2D eigenvalue weighted by atomic mass is 35.5.